The zero-order valence-electron chi connectivity index (χ0n) is 13.6. The molecule has 1 saturated heterocycles. The summed E-state index contributed by atoms with van der Waals surface area (Å²) in [5, 5.41) is 9.64. The third-order valence-electron chi connectivity index (χ3n) is 4.96. The number of carboxylic acids is 1. The summed E-state index contributed by atoms with van der Waals surface area (Å²) in [7, 11) is 0. The van der Waals surface area contributed by atoms with Crippen molar-refractivity contribution < 1.29 is 9.90 Å². The second kappa shape index (κ2) is 6.18. The van der Waals surface area contributed by atoms with Gasteiger partial charge in [-0.05, 0) is 56.7 Å². The van der Waals surface area contributed by atoms with Gasteiger partial charge in [-0.1, -0.05) is 38.1 Å². The average Bonchev–Trinajstić information content (AvgIpc) is 2.47. The standard InChI is InChI=1S/C18H27NO2/c1-13(2)15-7-9-16(10-8-15)14(3)19-12-6-5-11-18(19,4)17(20)21/h7-10,13-14H,5-6,11-12H2,1-4H3,(H,20,21). The molecule has 0 radical (unpaired) electrons. The number of likely N-dealkylation sites (tertiary alicyclic amines) is 1. The van der Waals surface area contributed by atoms with Crippen molar-refractivity contribution in [2.75, 3.05) is 6.54 Å². The predicted molar refractivity (Wildman–Crippen MR) is 85.5 cm³/mol. The first-order valence-corrected chi connectivity index (χ1v) is 7.96. The molecule has 1 heterocycles. The lowest BCUT2D eigenvalue weighted by molar-refractivity contribution is -0.155. The number of carboxylic acid groups (broad SMARTS) is 1. The van der Waals surface area contributed by atoms with Crippen molar-refractivity contribution in [1.82, 2.24) is 4.90 Å². The molecule has 1 N–H and O–H groups in total. The Hall–Kier alpha value is -1.35. The molecule has 1 aliphatic heterocycles. The van der Waals surface area contributed by atoms with Crippen molar-refractivity contribution in [3.05, 3.63) is 35.4 Å². The maximum atomic E-state index is 11.7. The average molecular weight is 289 g/mol. The first kappa shape index (κ1) is 16.0. The van der Waals surface area contributed by atoms with Crippen molar-refractivity contribution in [3.8, 4) is 0 Å². The predicted octanol–water partition coefficient (Wildman–Crippen LogP) is 4.20. The molecule has 2 unspecified atom stereocenters. The third-order valence-corrected chi connectivity index (χ3v) is 4.96. The molecular weight excluding hydrogens is 262 g/mol. The maximum absolute atomic E-state index is 11.7. The van der Waals surface area contributed by atoms with Crippen LogP contribution in [0.2, 0.25) is 0 Å². The topological polar surface area (TPSA) is 40.5 Å². The summed E-state index contributed by atoms with van der Waals surface area (Å²) in [6.45, 7) is 9.22. The summed E-state index contributed by atoms with van der Waals surface area (Å²) >= 11 is 0. The van der Waals surface area contributed by atoms with Gasteiger partial charge in [0.15, 0.2) is 0 Å². The van der Waals surface area contributed by atoms with Crippen LogP contribution in [0.25, 0.3) is 0 Å². The van der Waals surface area contributed by atoms with E-state index in [-0.39, 0.29) is 6.04 Å². The Morgan fingerprint density at radius 2 is 1.71 bits per heavy atom. The Labute approximate surface area is 128 Å². The van der Waals surface area contributed by atoms with Gasteiger partial charge in [0.1, 0.15) is 5.54 Å². The van der Waals surface area contributed by atoms with Crippen LogP contribution in [0.1, 0.15) is 70.0 Å². The monoisotopic (exact) mass is 289 g/mol. The van der Waals surface area contributed by atoms with Crippen molar-refractivity contribution in [1.29, 1.82) is 0 Å². The smallest absolute Gasteiger partial charge is 0.323 e. The van der Waals surface area contributed by atoms with Gasteiger partial charge in [0.25, 0.3) is 0 Å². The molecule has 1 fully saturated rings. The van der Waals surface area contributed by atoms with Crippen LogP contribution in [-0.4, -0.2) is 28.1 Å². The number of rotatable bonds is 4. The Bertz CT molecular complexity index is 494. The maximum Gasteiger partial charge on any atom is 0.323 e. The van der Waals surface area contributed by atoms with E-state index in [4.69, 9.17) is 0 Å². The van der Waals surface area contributed by atoms with Crippen molar-refractivity contribution >= 4 is 5.97 Å². The first-order valence-electron chi connectivity index (χ1n) is 7.96. The highest BCUT2D eigenvalue weighted by Crippen LogP contribution is 2.36. The molecule has 2 rings (SSSR count). The lowest BCUT2D eigenvalue weighted by Crippen LogP contribution is -2.55. The zero-order chi connectivity index (χ0) is 15.6. The second-order valence-electron chi connectivity index (χ2n) is 6.73. The Kier molecular flexibility index (Phi) is 4.72. The summed E-state index contributed by atoms with van der Waals surface area (Å²) in [5.74, 6) is -0.179. The highest BCUT2D eigenvalue weighted by Gasteiger charge is 2.43. The van der Waals surface area contributed by atoms with Crippen LogP contribution in [0.4, 0.5) is 0 Å². The van der Waals surface area contributed by atoms with Crippen LogP contribution in [-0.2, 0) is 4.79 Å². The Morgan fingerprint density at radius 1 is 1.14 bits per heavy atom. The van der Waals surface area contributed by atoms with E-state index < -0.39 is 11.5 Å². The molecule has 0 bridgehead atoms. The van der Waals surface area contributed by atoms with Crippen molar-refractivity contribution in [2.45, 2.75) is 64.5 Å². The molecule has 1 aromatic carbocycles. The molecule has 3 heteroatoms. The minimum absolute atomic E-state index is 0.132. The van der Waals surface area contributed by atoms with E-state index in [1.54, 1.807) is 0 Å². The summed E-state index contributed by atoms with van der Waals surface area (Å²) in [5.41, 5.74) is 1.79. The van der Waals surface area contributed by atoms with Gasteiger partial charge in [-0.15, -0.1) is 0 Å². The van der Waals surface area contributed by atoms with Gasteiger partial charge in [-0.25, -0.2) is 0 Å². The molecular formula is C18H27NO2. The molecule has 0 spiro atoms. The van der Waals surface area contributed by atoms with E-state index in [9.17, 15) is 9.90 Å². The minimum atomic E-state index is -0.742. The summed E-state index contributed by atoms with van der Waals surface area (Å²) in [4.78, 5) is 13.9. The number of hydrogen-bond donors (Lipinski definition) is 1. The number of nitrogens with zero attached hydrogens (tertiary/aromatic N) is 1. The van der Waals surface area contributed by atoms with E-state index in [1.165, 1.54) is 11.1 Å². The minimum Gasteiger partial charge on any atom is -0.480 e. The van der Waals surface area contributed by atoms with Crippen LogP contribution < -0.4 is 0 Å². The molecule has 0 amide bonds. The van der Waals surface area contributed by atoms with Crippen LogP contribution >= 0.6 is 0 Å². The first-order chi connectivity index (χ1) is 9.86. The number of hydrogen-bond acceptors (Lipinski definition) is 2. The Balaban J connectivity index is 2.24. The highest BCUT2D eigenvalue weighted by molar-refractivity contribution is 5.78. The molecule has 21 heavy (non-hydrogen) atoms. The van der Waals surface area contributed by atoms with Gasteiger partial charge in [-0.3, -0.25) is 9.69 Å². The summed E-state index contributed by atoms with van der Waals surface area (Å²) in [6.07, 6.45) is 2.81. The molecule has 116 valence electrons. The Morgan fingerprint density at radius 3 is 2.24 bits per heavy atom. The molecule has 0 saturated carbocycles. The van der Waals surface area contributed by atoms with Crippen molar-refractivity contribution in [3.63, 3.8) is 0 Å². The highest BCUT2D eigenvalue weighted by atomic mass is 16.4. The number of benzene rings is 1. The van der Waals surface area contributed by atoms with Crippen LogP contribution in [0.5, 0.6) is 0 Å². The van der Waals surface area contributed by atoms with E-state index in [2.05, 4.69) is 49.9 Å². The largest absolute Gasteiger partial charge is 0.480 e. The normalized spacial score (nSPS) is 25.0. The van der Waals surface area contributed by atoms with Crippen LogP contribution in [0, 0.1) is 0 Å². The molecule has 0 aromatic heterocycles. The van der Waals surface area contributed by atoms with Gasteiger partial charge < -0.3 is 5.11 Å². The molecule has 2 atom stereocenters. The number of aliphatic carboxylic acids is 1. The fourth-order valence-electron chi connectivity index (χ4n) is 3.33. The van der Waals surface area contributed by atoms with Gasteiger partial charge >= 0.3 is 5.97 Å². The number of carbonyl (C=O) groups is 1. The fourth-order valence-corrected chi connectivity index (χ4v) is 3.33. The van der Waals surface area contributed by atoms with E-state index in [0.717, 1.165) is 25.8 Å². The molecule has 0 aliphatic carbocycles. The fraction of sp³-hybridized carbons (Fsp3) is 0.611. The van der Waals surface area contributed by atoms with Gasteiger partial charge in [0, 0.05) is 6.04 Å². The molecule has 1 aliphatic rings. The van der Waals surface area contributed by atoms with E-state index in [0.29, 0.717) is 5.92 Å². The molecule has 1 aromatic rings. The van der Waals surface area contributed by atoms with Crippen LogP contribution in [0.15, 0.2) is 24.3 Å². The quantitative estimate of drug-likeness (QED) is 0.903. The number of piperidine rings is 1. The SMILES string of the molecule is CC(C)c1ccc(C(C)N2CCCCC2(C)C(=O)O)cc1. The lowest BCUT2D eigenvalue weighted by Gasteiger charge is -2.45. The summed E-state index contributed by atoms with van der Waals surface area (Å²) < 4.78 is 0. The summed E-state index contributed by atoms with van der Waals surface area (Å²) in [6, 6.07) is 8.76. The van der Waals surface area contributed by atoms with Crippen LogP contribution in [0.3, 0.4) is 0 Å². The van der Waals surface area contributed by atoms with Crippen molar-refractivity contribution in [2.24, 2.45) is 0 Å². The lowest BCUT2D eigenvalue weighted by atomic mass is 9.86. The zero-order valence-corrected chi connectivity index (χ0v) is 13.6. The van der Waals surface area contributed by atoms with Gasteiger partial charge in [0.2, 0.25) is 0 Å². The molecule has 3 nitrogen and oxygen atoms in total. The second-order valence-corrected chi connectivity index (χ2v) is 6.73. The van der Waals surface area contributed by atoms with E-state index >= 15 is 0 Å². The van der Waals surface area contributed by atoms with Gasteiger partial charge in [-0.2, -0.15) is 0 Å². The third kappa shape index (κ3) is 3.13. The van der Waals surface area contributed by atoms with E-state index in [1.807, 2.05) is 6.92 Å². The van der Waals surface area contributed by atoms with Gasteiger partial charge in [0.05, 0.1) is 0 Å².